The van der Waals surface area contributed by atoms with E-state index in [1.165, 1.54) is 0 Å². The van der Waals surface area contributed by atoms with E-state index in [-0.39, 0.29) is 0 Å². The summed E-state index contributed by atoms with van der Waals surface area (Å²) in [6.45, 7) is 2.85. The van der Waals surface area contributed by atoms with E-state index in [9.17, 15) is 0 Å². The van der Waals surface area contributed by atoms with Crippen LogP contribution in [-0.4, -0.2) is 19.6 Å². The molecule has 0 saturated heterocycles. The summed E-state index contributed by atoms with van der Waals surface area (Å²) in [5.41, 5.74) is 0.801. The number of aryl methyl sites for hydroxylation is 1. The van der Waals surface area contributed by atoms with Gasteiger partial charge in [-0.15, -0.1) is 4.68 Å². The normalized spacial score (nSPS) is 10.6. The lowest BCUT2D eigenvalue weighted by Gasteiger charge is -1.97. The van der Waals surface area contributed by atoms with Crippen molar-refractivity contribution < 1.29 is 4.68 Å². The van der Waals surface area contributed by atoms with Gasteiger partial charge in [0.1, 0.15) is 7.05 Å². The molecule has 15 heavy (non-hydrogen) atoms. The molecular weight excluding hydrogens is 210 g/mol. The van der Waals surface area contributed by atoms with Crippen LogP contribution in [0.15, 0.2) is 23.7 Å². The first-order valence-electron chi connectivity index (χ1n) is 4.66. The molecule has 6 heteroatoms. The second-order valence-electron chi connectivity index (χ2n) is 3.08. The molecule has 0 radical (unpaired) electrons. The van der Waals surface area contributed by atoms with Crippen molar-refractivity contribution in [3.8, 4) is 11.5 Å². The molecule has 2 aromatic rings. The van der Waals surface area contributed by atoms with E-state index in [0.29, 0.717) is 5.16 Å². The van der Waals surface area contributed by atoms with E-state index >= 15 is 0 Å². The molecule has 0 aliphatic rings. The van der Waals surface area contributed by atoms with Gasteiger partial charge >= 0.3 is 5.82 Å². The fraction of sp³-hybridized carbons (Fsp3) is 0.333. The van der Waals surface area contributed by atoms with E-state index in [4.69, 9.17) is 0 Å². The zero-order valence-corrected chi connectivity index (χ0v) is 9.52. The largest absolute Gasteiger partial charge is 0.331 e. The van der Waals surface area contributed by atoms with Crippen LogP contribution in [0.25, 0.3) is 11.5 Å². The molecule has 2 heterocycles. The Balaban J connectivity index is 2.62. The lowest BCUT2D eigenvalue weighted by atomic mass is 10.4. The number of thiol groups is 1. The first kappa shape index (κ1) is 10.1. The van der Waals surface area contributed by atoms with Gasteiger partial charge in [0, 0.05) is 12.4 Å². The van der Waals surface area contributed by atoms with Gasteiger partial charge in [-0.2, -0.15) is 4.57 Å². The van der Waals surface area contributed by atoms with Crippen LogP contribution in [0.2, 0.25) is 0 Å². The predicted molar refractivity (Wildman–Crippen MR) is 57.4 cm³/mol. The minimum Gasteiger partial charge on any atom is -0.261 e. The smallest absolute Gasteiger partial charge is 0.261 e. The molecule has 0 bridgehead atoms. The fourth-order valence-corrected chi connectivity index (χ4v) is 1.89. The van der Waals surface area contributed by atoms with Crippen molar-refractivity contribution in [3.63, 3.8) is 0 Å². The lowest BCUT2D eigenvalue weighted by molar-refractivity contribution is -0.720. The molecule has 78 valence electrons. The molecule has 0 aromatic carbocycles. The quantitative estimate of drug-likeness (QED) is 0.593. The Labute approximate surface area is 93.2 Å². The van der Waals surface area contributed by atoms with Gasteiger partial charge in [-0.05, 0) is 12.0 Å². The summed E-state index contributed by atoms with van der Waals surface area (Å²) in [5.74, 6) is 0.913. The van der Waals surface area contributed by atoms with E-state index < -0.39 is 0 Å². The molecule has 0 fully saturated rings. The Hall–Kier alpha value is -1.43. The van der Waals surface area contributed by atoms with E-state index in [1.807, 2.05) is 18.5 Å². The van der Waals surface area contributed by atoms with Crippen LogP contribution in [0.4, 0.5) is 0 Å². The highest BCUT2D eigenvalue weighted by molar-refractivity contribution is 7.80. The van der Waals surface area contributed by atoms with E-state index in [1.54, 1.807) is 23.3 Å². The third-order valence-electron chi connectivity index (χ3n) is 2.15. The van der Waals surface area contributed by atoms with Crippen molar-refractivity contribution in [2.45, 2.75) is 18.6 Å². The Bertz CT molecular complexity index is 465. The second kappa shape index (κ2) is 3.98. The molecule has 0 unspecified atom stereocenters. The minimum atomic E-state index is 0.681. The molecule has 0 aliphatic heterocycles. The van der Waals surface area contributed by atoms with Crippen molar-refractivity contribution >= 4 is 12.6 Å². The van der Waals surface area contributed by atoms with Crippen molar-refractivity contribution in [2.75, 3.05) is 0 Å². The summed E-state index contributed by atoms with van der Waals surface area (Å²) in [7, 11) is 1.87. The number of aromatic nitrogens is 5. The zero-order valence-electron chi connectivity index (χ0n) is 8.62. The van der Waals surface area contributed by atoms with Crippen LogP contribution in [0.3, 0.4) is 0 Å². The molecule has 2 rings (SSSR count). The zero-order chi connectivity index (χ0) is 10.8. The SMILES string of the molecule is CCn1c(S)n[n+](C)c1-c1cnccn1. The predicted octanol–water partition coefficient (Wildman–Crippen LogP) is 0.473. The van der Waals surface area contributed by atoms with Crippen molar-refractivity contribution in [1.29, 1.82) is 0 Å². The Morgan fingerprint density at radius 3 is 2.87 bits per heavy atom. The molecule has 0 N–H and O–H groups in total. The third-order valence-corrected chi connectivity index (χ3v) is 2.48. The van der Waals surface area contributed by atoms with Crippen molar-refractivity contribution in [3.05, 3.63) is 18.6 Å². The van der Waals surface area contributed by atoms with Gasteiger partial charge < -0.3 is 0 Å². The van der Waals surface area contributed by atoms with Crippen LogP contribution in [0.1, 0.15) is 6.92 Å². The lowest BCUT2D eigenvalue weighted by Crippen LogP contribution is -2.33. The Kier molecular flexibility index (Phi) is 2.68. The number of nitrogens with zero attached hydrogens (tertiary/aromatic N) is 5. The summed E-state index contributed by atoms with van der Waals surface area (Å²) in [5, 5.41) is 4.92. The molecule has 0 atom stereocenters. The maximum Gasteiger partial charge on any atom is 0.331 e. The van der Waals surface area contributed by atoms with Gasteiger partial charge in [-0.3, -0.25) is 4.98 Å². The van der Waals surface area contributed by atoms with Crippen LogP contribution >= 0.6 is 12.6 Å². The van der Waals surface area contributed by atoms with Gasteiger partial charge in [-0.1, -0.05) is 12.6 Å². The molecule has 0 aliphatic carbocycles. The molecule has 0 spiro atoms. The Morgan fingerprint density at radius 2 is 2.27 bits per heavy atom. The van der Waals surface area contributed by atoms with Gasteiger partial charge in [0.25, 0.3) is 5.16 Å². The highest BCUT2D eigenvalue weighted by atomic mass is 32.1. The second-order valence-corrected chi connectivity index (χ2v) is 3.48. The number of rotatable bonds is 2. The van der Waals surface area contributed by atoms with Gasteiger partial charge in [0.2, 0.25) is 0 Å². The maximum absolute atomic E-state index is 4.30. The highest BCUT2D eigenvalue weighted by Crippen LogP contribution is 2.14. The summed E-state index contributed by atoms with van der Waals surface area (Å²) >= 11 is 4.30. The van der Waals surface area contributed by atoms with Crippen LogP contribution in [0.5, 0.6) is 0 Å². The Morgan fingerprint density at radius 1 is 1.47 bits per heavy atom. The van der Waals surface area contributed by atoms with Crippen molar-refractivity contribution in [1.82, 2.24) is 19.6 Å². The molecule has 0 saturated carbocycles. The van der Waals surface area contributed by atoms with Crippen LogP contribution in [-0.2, 0) is 13.6 Å². The summed E-state index contributed by atoms with van der Waals surface area (Å²) in [4.78, 5) is 8.30. The first-order valence-corrected chi connectivity index (χ1v) is 5.11. The number of hydrogen-bond acceptors (Lipinski definition) is 4. The monoisotopic (exact) mass is 222 g/mol. The number of hydrogen-bond donors (Lipinski definition) is 1. The van der Waals surface area contributed by atoms with Crippen LogP contribution in [0, 0.1) is 0 Å². The average Bonchev–Trinajstić information content (AvgIpc) is 2.54. The molecule has 0 amide bonds. The summed E-state index contributed by atoms with van der Waals surface area (Å²) in [6.07, 6.45) is 5.04. The molecular formula is C9H12N5S+. The van der Waals surface area contributed by atoms with E-state index in [2.05, 4.69) is 27.7 Å². The topological polar surface area (TPSA) is 47.5 Å². The van der Waals surface area contributed by atoms with Crippen molar-refractivity contribution in [2.24, 2.45) is 7.05 Å². The molecule has 2 aromatic heterocycles. The standard InChI is InChI=1S/C9H11N5S/c1-3-14-8(13(2)12-9(14)15)7-6-10-4-5-11-7/h4-6H,3H2,1-2H3/p+1. The van der Waals surface area contributed by atoms with E-state index in [0.717, 1.165) is 18.1 Å². The van der Waals surface area contributed by atoms with Gasteiger partial charge in [0.15, 0.2) is 5.69 Å². The average molecular weight is 222 g/mol. The maximum atomic E-state index is 4.30. The third kappa shape index (κ3) is 1.72. The van der Waals surface area contributed by atoms with Gasteiger partial charge in [-0.25, -0.2) is 4.98 Å². The van der Waals surface area contributed by atoms with Crippen LogP contribution < -0.4 is 4.68 Å². The molecule has 5 nitrogen and oxygen atoms in total. The summed E-state index contributed by atoms with van der Waals surface area (Å²) < 4.78 is 3.74. The first-order chi connectivity index (χ1) is 7.24. The van der Waals surface area contributed by atoms with Gasteiger partial charge in [0.05, 0.1) is 12.7 Å². The summed E-state index contributed by atoms with van der Waals surface area (Å²) in [6, 6.07) is 0. The minimum absolute atomic E-state index is 0.681. The highest BCUT2D eigenvalue weighted by Gasteiger charge is 2.22. The fourth-order valence-electron chi connectivity index (χ4n) is 1.51.